The zero-order valence-corrected chi connectivity index (χ0v) is 8.71. The first-order valence-corrected chi connectivity index (χ1v) is 6.24. The van der Waals surface area contributed by atoms with Crippen LogP contribution in [0.1, 0.15) is 0 Å². The number of aromatic nitrogens is 2. The minimum atomic E-state index is 0.590. The van der Waals surface area contributed by atoms with Gasteiger partial charge in [-0.2, -0.15) is 0 Å². The molecule has 0 aliphatic heterocycles. The third-order valence-corrected chi connectivity index (χ3v) is 3.58. The minimum absolute atomic E-state index is 0.590. The maximum absolute atomic E-state index is 4.00. The van der Waals surface area contributed by atoms with Crippen LogP contribution in [0.4, 0.5) is 5.95 Å². The maximum Gasteiger partial charge on any atom is 0.247 e. The van der Waals surface area contributed by atoms with Gasteiger partial charge in [0.25, 0.3) is 0 Å². The summed E-state index contributed by atoms with van der Waals surface area (Å²) in [6.45, 7) is 0. The summed E-state index contributed by atoms with van der Waals surface area (Å²) in [4.78, 5) is 7.99. The summed E-state index contributed by atoms with van der Waals surface area (Å²) < 4.78 is 1.67. The molecule has 0 saturated carbocycles. The Morgan fingerprint density at radius 1 is 1.18 bits per heavy atom. The monoisotopic (exact) mass is 223 g/mol. The molecule has 1 heterocycles. The van der Waals surface area contributed by atoms with Crippen molar-refractivity contribution in [3.8, 4) is 0 Å². The number of nitrogens with zero attached hydrogens (tertiary/aromatic N) is 3. The van der Waals surface area contributed by atoms with Crippen LogP contribution in [0.3, 0.4) is 0 Å². The molecule has 1 aromatic heterocycles. The molecule has 0 amide bonds. The fourth-order valence-corrected chi connectivity index (χ4v) is 2.44. The van der Waals surface area contributed by atoms with Crippen LogP contribution in [0.2, 0.25) is 0 Å². The summed E-state index contributed by atoms with van der Waals surface area (Å²) in [5, 5.41) is 0. The second kappa shape index (κ2) is 5.02. The van der Waals surface area contributed by atoms with Crippen LogP contribution in [0, 0.1) is 0 Å². The van der Waals surface area contributed by atoms with Gasteiger partial charge in [0.15, 0.2) is 0 Å². The van der Waals surface area contributed by atoms with Crippen molar-refractivity contribution >= 4 is 51.2 Å². The van der Waals surface area contributed by atoms with Gasteiger partial charge >= 0.3 is 0 Å². The van der Waals surface area contributed by atoms with E-state index in [1.165, 1.54) is 22.0 Å². The molecule has 0 aromatic carbocycles. The van der Waals surface area contributed by atoms with Crippen LogP contribution in [0.25, 0.3) is 0 Å². The average Bonchev–Trinajstić information content (AvgIpc) is 2.09. The van der Waals surface area contributed by atoms with E-state index in [0.717, 1.165) is 0 Å². The number of hydrogen-bond acceptors (Lipinski definition) is 7. The third kappa shape index (κ3) is 2.66. The molecule has 0 aliphatic rings. The van der Waals surface area contributed by atoms with Crippen LogP contribution in [0.5, 0.6) is 0 Å². The van der Waals surface area contributed by atoms with Crippen LogP contribution in [-0.2, 0) is 0 Å². The molecule has 11 heavy (non-hydrogen) atoms. The fourth-order valence-electron chi connectivity index (χ4n) is 0.473. The van der Waals surface area contributed by atoms with E-state index in [2.05, 4.69) is 33.3 Å². The van der Waals surface area contributed by atoms with Crippen molar-refractivity contribution in [3.63, 3.8) is 0 Å². The Morgan fingerprint density at radius 3 is 2.18 bits per heavy atom. The lowest BCUT2D eigenvalue weighted by atomic mass is 10.7. The lowest BCUT2D eigenvalue weighted by Gasteiger charge is -2.11. The molecule has 0 bridgehead atoms. The molecule has 0 aliphatic carbocycles. The molecule has 0 N–H and O–H groups in total. The Hall–Kier alpha value is 0.280. The third-order valence-electron chi connectivity index (χ3n) is 0.864. The van der Waals surface area contributed by atoms with Crippen LogP contribution < -0.4 is 3.71 Å². The van der Waals surface area contributed by atoms with Gasteiger partial charge in [0.1, 0.15) is 0 Å². The number of rotatable bonds is 3. The SMILES string of the molecule is SSN(SS)c1ncccn1. The Labute approximate surface area is 83.3 Å². The highest BCUT2D eigenvalue weighted by Gasteiger charge is 2.05. The Morgan fingerprint density at radius 2 is 1.73 bits per heavy atom. The van der Waals surface area contributed by atoms with Gasteiger partial charge in [-0.15, -0.1) is 0 Å². The van der Waals surface area contributed by atoms with E-state index < -0.39 is 0 Å². The Balaban J connectivity index is 2.74. The summed E-state index contributed by atoms with van der Waals surface area (Å²) in [6.07, 6.45) is 3.34. The lowest BCUT2D eigenvalue weighted by molar-refractivity contribution is 1.16. The van der Waals surface area contributed by atoms with E-state index in [1.54, 1.807) is 22.2 Å². The zero-order chi connectivity index (χ0) is 8.10. The van der Waals surface area contributed by atoms with Gasteiger partial charge in [0.05, 0.1) is 0 Å². The normalized spacial score (nSPS) is 9.64. The van der Waals surface area contributed by atoms with Crippen LogP contribution in [-0.4, -0.2) is 9.97 Å². The second-order valence-electron chi connectivity index (χ2n) is 1.47. The van der Waals surface area contributed by atoms with Crippen molar-refractivity contribution < 1.29 is 0 Å². The van der Waals surface area contributed by atoms with Gasteiger partial charge in [0, 0.05) is 34.4 Å². The molecule has 1 aromatic rings. The standard InChI is InChI=1S/C4H5N3S4/c8-10-7(11-9)4-5-2-1-3-6-4/h1-3,8-9H. The first kappa shape index (κ1) is 9.37. The van der Waals surface area contributed by atoms with E-state index in [4.69, 9.17) is 0 Å². The van der Waals surface area contributed by atoms with Crippen molar-refractivity contribution in [2.75, 3.05) is 3.71 Å². The average molecular weight is 223 g/mol. The molecule has 0 fully saturated rings. The van der Waals surface area contributed by atoms with Crippen molar-refractivity contribution in [3.05, 3.63) is 18.5 Å². The van der Waals surface area contributed by atoms with Gasteiger partial charge in [-0.25, -0.2) is 13.7 Å². The van der Waals surface area contributed by atoms with E-state index in [1.807, 2.05) is 0 Å². The first-order chi connectivity index (χ1) is 5.38. The van der Waals surface area contributed by atoms with Crippen molar-refractivity contribution in [1.29, 1.82) is 0 Å². The molecule has 7 heteroatoms. The van der Waals surface area contributed by atoms with Crippen LogP contribution in [0.15, 0.2) is 18.5 Å². The van der Waals surface area contributed by atoms with Gasteiger partial charge in [0.2, 0.25) is 5.95 Å². The van der Waals surface area contributed by atoms with Crippen molar-refractivity contribution in [2.24, 2.45) is 0 Å². The van der Waals surface area contributed by atoms with Gasteiger partial charge in [-0.05, 0) is 6.07 Å². The topological polar surface area (TPSA) is 29.0 Å². The molecule has 0 unspecified atom stereocenters. The highest BCUT2D eigenvalue weighted by Crippen LogP contribution is 2.30. The predicted octanol–water partition coefficient (Wildman–Crippen LogP) is 2.27. The van der Waals surface area contributed by atoms with E-state index in [-0.39, 0.29) is 0 Å². The smallest absolute Gasteiger partial charge is 0.220 e. The Bertz CT molecular complexity index is 202. The summed E-state index contributed by atoms with van der Waals surface area (Å²) >= 11 is 8.00. The minimum Gasteiger partial charge on any atom is -0.220 e. The molecule has 0 atom stereocenters. The molecule has 0 saturated heterocycles. The molecule has 3 nitrogen and oxygen atoms in total. The lowest BCUT2D eigenvalue weighted by Crippen LogP contribution is -2.02. The summed E-state index contributed by atoms with van der Waals surface area (Å²) in [5.41, 5.74) is 0. The molecular formula is C4H5N3S4. The Kier molecular flexibility index (Phi) is 4.28. The highest BCUT2D eigenvalue weighted by atomic mass is 33.1. The van der Waals surface area contributed by atoms with E-state index in [9.17, 15) is 0 Å². The fraction of sp³-hybridized carbons (Fsp3) is 0. The molecule has 1 rings (SSSR count). The van der Waals surface area contributed by atoms with Crippen molar-refractivity contribution in [2.45, 2.75) is 0 Å². The first-order valence-electron chi connectivity index (χ1n) is 2.58. The van der Waals surface area contributed by atoms with Gasteiger partial charge in [-0.3, -0.25) is 0 Å². The van der Waals surface area contributed by atoms with Gasteiger partial charge in [-0.1, -0.05) is 23.3 Å². The summed E-state index contributed by atoms with van der Waals surface area (Å²) in [5.74, 6) is 0.590. The largest absolute Gasteiger partial charge is 0.247 e. The molecule has 0 spiro atoms. The zero-order valence-electron chi connectivity index (χ0n) is 5.28. The number of thiol groups is 2. The number of hydrogen-bond donors (Lipinski definition) is 2. The quantitative estimate of drug-likeness (QED) is 0.466. The number of anilines is 1. The van der Waals surface area contributed by atoms with E-state index >= 15 is 0 Å². The molecule has 0 radical (unpaired) electrons. The summed E-state index contributed by atoms with van der Waals surface area (Å²) in [6, 6.07) is 1.76. The van der Waals surface area contributed by atoms with E-state index in [0.29, 0.717) is 5.95 Å². The predicted molar refractivity (Wildman–Crippen MR) is 57.7 cm³/mol. The maximum atomic E-state index is 4.00. The molecular weight excluding hydrogens is 218 g/mol. The highest BCUT2D eigenvalue weighted by molar-refractivity contribution is 8.78. The van der Waals surface area contributed by atoms with Gasteiger partial charge < -0.3 is 0 Å². The second-order valence-corrected chi connectivity index (χ2v) is 3.74. The summed E-state index contributed by atoms with van der Waals surface area (Å²) in [7, 11) is 2.42. The van der Waals surface area contributed by atoms with Crippen molar-refractivity contribution in [1.82, 2.24) is 9.97 Å². The van der Waals surface area contributed by atoms with Crippen LogP contribution >= 0.6 is 45.3 Å². The molecule has 60 valence electrons.